The first-order valence-electron chi connectivity index (χ1n) is 6.14. The van der Waals surface area contributed by atoms with Crippen molar-refractivity contribution in [3.63, 3.8) is 0 Å². The van der Waals surface area contributed by atoms with Crippen molar-refractivity contribution in [3.8, 4) is 0 Å². The molecule has 0 N–H and O–H groups in total. The van der Waals surface area contributed by atoms with Gasteiger partial charge in [-0.1, -0.05) is 79.4 Å². The van der Waals surface area contributed by atoms with Gasteiger partial charge < -0.3 is 0 Å². The van der Waals surface area contributed by atoms with Crippen LogP contribution in [0.1, 0.15) is 32.6 Å². The largest absolute Gasteiger partial charge is 0.282 e. The molecule has 0 fully saturated rings. The topological polar surface area (TPSA) is 42.9 Å². The van der Waals surface area contributed by atoms with Crippen LogP contribution in [0.3, 0.4) is 0 Å². The van der Waals surface area contributed by atoms with E-state index < -0.39 is 0 Å². The summed E-state index contributed by atoms with van der Waals surface area (Å²) < 4.78 is 1.96. The minimum atomic E-state index is 0.00235. The van der Waals surface area contributed by atoms with Crippen LogP contribution in [0, 0.1) is 0 Å². The molecular formula is C12H18N2OS4. The van der Waals surface area contributed by atoms with E-state index >= 15 is 0 Å². The first kappa shape index (κ1) is 17.1. The third-order valence-corrected chi connectivity index (χ3v) is 6.43. The number of aromatic nitrogens is 2. The van der Waals surface area contributed by atoms with Gasteiger partial charge in [-0.25, -0.2) is 0 Å². The minimum Gasteiger partial charge on any atom is -0.282 e. The highest BCUT2D eigenvalue weighted by Crippen LogP contribution is 2.31. The highest BCUT2D eigenvalue weighted by atomic mass is 32.2. The Morgan fingerprint density at radius 2 is 2.00 bits per heavy atom. The molecule has 19 heavy (non-hydrogen) atoms. The quantitative estimate of drug-likeness (QED) is 0.267. The van der Waals surface area contributed by atoms with Crippen LogP contribution in [0.2, 0.25) is 0 Å². The number of carbonyl (C=O) groups is 1. The van der Waals surface area contributed by atoms with Crippen LogP contribution in [0.5, 0.6) is 0 Å². The normalized spacial score (nSPS) is 10.6. The zero-order valence-corrected chi connectivity index (χ0v) is 14.2. The van der Waals surface area contributed by atoms with Gasteiger partial charge in [-0.2, -0.15) is 0 Å². The van der Waals surface area contributed by atoms with Crippen LogP contribution in [0.4, 0.5) is 0 Å². The molecule has 106 valence electrons. The molecule has 7 heteroatoms. The molecule has 0 saturated heterocycles. The molecule has 0 aromatic carbocycles. The van der Waals surface area contributed by atoms with E-state index in [0.717, 1.165) is 14.4 Å². The number of nitrogens with zero attached hydrogens (tertiary/aromatic N) is 2. The van der Waals surface area contributed by atoms with Crippen LogP contribution in [-0.4, -0.2) is 26.2 Å². The molecule has 0 aliphatic carbocycles. The van der Waals surface area contributed by atoms with E-state index in [4.69, 9.17) is 0 Å². The maximum absolute atomic E-state index is 11.0. The molecule has 0 atom stereocenters. The standard InChI is InChI=1S/C12H18N2OS4/c1-3-5-6-7-8-16-11-13-14-12(19-11)18-9-17-10(15)4-2/h4H,2-3,5-9H2,1H3. The predicted octanol–water partition coefficient (Wildman–Crippen LogP) is 4.71. The van der Waals surface area contributed by atoms with Gasteiger partial charge in [-0.15, -0.1) is 10.2 Å². The van der Waals surface area contributed by atoms with Gasteiger partial charge >= 0.3 is 0 Å². The molecule has 1 aromatic rings. The first-order valence-corrected chi connectivity index (χ1v) is 9.92. The van der Waals surface area contributed by atoms with Crippen molar-refractivity contribution in [2.45, 2.75) is 41.3 Å². The second-order valence-corrected chi connectivity index (χ2v) is 8.56. The molecular weight excluding hydrogens is 316 g/mol. The number of unbranched alkanes of at least 4 members (excludes halogenated alkanes) is 3. The fourth-order valence-electron chi connectivity index (χ4n) is 1.20. The molecule has 3 nitrogen and oxygen atoms in total. The Bertz CT molecular complexity index is 395. The summed E-state index contributed by atoms with van der Waals surface area (Å²) in [7, 11) is 0. The monoisotopic (exact) mass is 334 g/mol. The lowest BCUT2D eigenvalue weighted by atomic mass is 10.2. The predicted molar refractivity (Wildman–Crippen MR) is 88.3 cm³/mol. The lowest BCUT2D eigenvalue weighted by Crippen LogP contribution is -1.83. The van der Waals surface area contributed by atoms with E-state index in [1.54, 1.807) is 34.9 Å². The van der Waals surface area contributed by atoms with Crippen LogP contribution < -0.4 is 0 Å². The van der Waals surface area contributed by atoms with E-state index in [-0.39, 0.29) is 5.12 Å². The molecule has 0 radical (unpaired) electrons. The molecule has 0 aliphatic heterocycles. The number of hydrogen-bond acceptors (Lipinski definition) is 7. The van der Waals surface area contributed by atoms with Gasteiger partial charge in [0.1, 0.15) is 0 Å². The summed E-state index contributed by atoms with van der Waals surface area (Å²) in [4.78, 5) is 11.0. The average Bonchev–Trinajstić information content (AvgIpc) is 2.86. The Kier molecular flexibility index (Phi) is 9.67. The molecule has 0 aliphatic rings. The molecule has 0 saturated carbocycles. The summed E-state index contributed by atoms with van der Waals surface area (Å²) in [5.74, 6) is 1.11. The Morgan fingerprint density at radius 3 is 2.68 bits per heavy atom. The van der Waals surface area contributed by atoms with Crippen LogP contribution in [-0.2, 0) is 4.79 Å². The molecule has 1 aromatic heterocycles. The zero-order valence-electron chi connectivity index (χ0n) is 11.0. The number of carbonyl (C=O) groups excluding carboxylic acids is 1. The molecule has 1 heterocycles. The Labute approximate surface area is 131 Å². The average molecular weight is 335 g/mol. The van der Waals surface area contributed by atoms with E-state index in [2.05, 4.69) is 23.7 Å². The van der Waals surface area contributed by atoms with E-state index in [0.29, 0.717) is 5.08 Å². The van der Waals surface area contributed by atoms with Crippen molar-refractivity contribution in [2.24, 2.45) is 0 Å². The summed E-state index contributed by atoms with van der Waals surface area (Å²) >= 11 is 6.19. The highest BCUT2D eigenvalue weighted by Gasteiger charge is 2.06. The third kappa shape index (κ3) is 8.02. The second-order valence-electron chi connectivity index (χ2n) is 3.67. The van der Waals surface area contributed by atoms with Gasteiger partial charge in [-0.05, 0) is 12.5 Å². The summed E-state index contributed by atoms with van der Waals surface area (Å²) in [5, 5.41) is 8.93. The third-order valence-electron chi connectivity index (χ3n) is 2.16. The minimum absolute atomic E-state index is 0.00235. The summed E-state index contributed by atoms with van der Waals surface area (Å²) in [6, 6.07) is 0. The maximum atomic E-state index is 11.0. The Balaban J connectivity index is 2.17. The highest BCUT2D eigenvalue weighted by molar-refractivity contribution is 8.24. The molecule has 1 rings (SSSR count). The van der Waals surface area contributed by atoms with Gasteiger partial charge in [0.2, 0.25) is 5.12 Å². The Morgan fingerprint density at radius 1 is 1.26 bits per heavy atom. The van der Waals surface area contributed by atoms with Crippen LogP contribution in [0.15, 0.2) is 21.3 Å². The van der Waals surface area contributed by atoms with Crippen molar-refractivity contribution in [2.75, 3.05) is 10.8 Å². The lowest BCUT2D eigenvalue weighted by Gasteiger charge is -1.96. The summed E-state index contributed by atoms with van der Waals surface area (Å²) in [6.07, 6.45) is 6.45. The van der Waals surface area contributed by atoms with Crippen LogP contribution in [0.25, 0.3) is 0 Å². The maximum Gasteiger partial charge on any atom is 0.212 e. The van der Waals surface area contributed by atoms with Crippen LogP contribution >= 0.6 is 46.6 Å². The smallest absolute Gasteiger partial charge is 0.212 e. The number of rotatable bonds is 10. The van der Waals surface area contributed by atoms with Crippen molar-refractivity contribution in [1.82, 2.24) is 10.2 Å². The van der Waals surface area contributed by atoms with Crippen molar-refractivity contribution < 1.29 is 4.79 Å². The van der Waals surface area contributed by atoms with Gasteiger partial charge in [0.15, 0.2) is 8.68 Å². The van der Waals surface area contributed by atoms with E-state index in [1.807, 2.05) is 0 Å². The van der Waals surface area contributed by atoms with Gasteiger partial charge in [0, 0.05) is 5.75 Å². The van der Waals surface area contributed by atoms with Crippen molar-refractivity contribution >= 4 is 51.7 Å². The summed E-state index contributed by atoms with van der Waals surface area (Å²) in [5.41, 5.74) is 0. The fraction of sp³-hybridized carbons (Fsp3) is 0.583. The van der Waals surface area contributed by atoms with Gasteiger partial charge in [0.05, 0.1) is 5.08 Å². The fourth-order valence-corrected chi connectivity index (χ4v) is 5.24. The van der Waals surface area contributed by atoms with Gasteiger partial charge in [-0.3, -0.25) is 4.79 Å². The zero-order chi connectivity index (χ0) is 13.9. The van der Waals surface area contributed by atoms with E-state index in [1.165, 1.54) is 43.5 Å². The first-order chi connectivity index (χ1) is 9.26. The number of hydrogen-bond donors (Lipinski definition) is 0. The SMILES string of the molecule is C=CC(=O)SCSc1nnc(SCCCCCC)s1. The number of thioether (sulfide) groups is 3. The van der Waals surface area contributed by atoms with Crippen molar-refractivity contribution in [1.29, 1.82) is 0 Å². The molecule has 0 spiro atoms. The van der Waals surface area contributed by atoms with Crippen molar-refractivity contribution in [3.05, 3.63) is 12.7 Å². The van der Waals surface area contributed by atoms with E-state index in [9.17, 15) is 4.79 Å². The van der Waals surface area contributed by atoms with Gasteiger partial charge in [0.25, 0.3) is 0 Å². The molecule has 0 amide bonds. The summed E-state index contributed by atoms with van der Waals surface area (Å²) in [6.45, 7) is 5.66. The lowest BCUT2D eigenvalue weighted by molar-refractivity contribution is -0.107. The Hall–Kier alpha value is 0.0200. The molecule has 0 bridgehead atoms. The molecule has 0 unspecified atom stereocenters. The second kappa shape index (κ2) is 10.8.